The van der Waals surface area contributed by atoms with E-state index in [1.807, 2.05) is 29.2 Å². The van der Waals surface area contributed by atoms with Gasteiger partial charge < -0.3 is 20.1 Å². The molecule has 0 bridgehead atoms. The molecule has 0 aliphatic carbocycles. The fraction of sp³-hybridized carbons (Fsp3) is 0.364. The van der Waals surface area contributed by atoms with Crippen LogP contribution in [0.4, 0.5) is 0 Å². The Hall–Kier alpha value is -3.02. The van der Waals surface area contributed by atoms with Crippen molar-refractivity contribution >= 4 is 11.8 Å². The molecule has 2 N–H and O–H groups in total. The number of benzene rings is 2. The predicted octanol–water partition coefficient (Wildman–Crippen LogP) is 3.32. The maximum atomic E-state index is 12.9. The van der Waals surface area contributed by atoms with Gasteiger partial charge in [-0.3, -0.25) is 9.59 Å². The van der Waals surface area contributed by atoms with Crippen molar-refractivity contribution in [3.63, 3.8) is 0 Å². The zero-order valence-corrected chi connectivity index (χ0v) is 16.1. The molecule has 1 fully saturated rings. The first-order valence-electron chi connectivity index (χ1n) is 9.54. The fourth-order valence-corrected chi connectivity index (χ4v) is 3.52. The minimum Gasteiger partial charge on any atom is -0.497 e. The number of nitrogens with two attached hydrogens (primary N) is 1. The topological polar surface area (TPSA) is 81.9 Å². The van der Waals surface area contributed by atoms with Crippen LogP contribution in [0.15, 0.2) is 48.5 Å². The summed E-state index contributed by atoms with van der Waals surface area (Å²) in [5.41, 5.74) is 6.76. The maximum absolute atomic E-state index is 12.9. The summed E-state index contributed by atoms with van der Waals surface area (Å²) in [5.74, 6) is 0.809. The number of likely N-dealkylation sites (tertiary alicyclic amines) is 1. The van der Waals surface area contributed by atoms with E-state index in [-0.39, 0.29) is 18.6 Å². The van der Waals surface area contributed by atoms with Crippen molar-refractivity contribution in [2.75, 3.05) is 20.3 Å². The molecule has 0 spiro atoms. The Labute approximate surface area is 165 Å². The van der Waals surface area contributed by atoms with E-state index < -0.39 is 5.91 Å². The van der Waals surface area contributed by atoms with Crippen LogP contribution in [0.3, 0.4) is 0 Å². The number of hydrogen-bond donors (Lipinski definition) is 1. The third-order valence-electron chi connectivity index (χ3n) is 5.07. The van der Waals surface area contributed by atoms with Crippen LogP contribution in [-0.4, -0.2) is 37.0 Å². The van der Waals surface area contributed by atoms with E-state index in [0.717, 1.165) is 43.5 Å². The van der Waals surface area contributed by atoms with Gasteiger partial charge in [-0.25, -0.2) is 0 Å². The molecular weight excluding hydrogens is 356 g/mol. The Morgan fingerprint density at radius 2 is 1.68 bits per heavy atom. The molecule has 148 valence electrons. The van der Waals surface area contributed by atoms with E-state index in [9.17, 15) is 9.59 Å². The Balaban J connectivity index is 1.68. The summed E-state index contributed by atoms with van der Waals surface area (Å²) in [4.78, 5) is 26.0. The third-order valence-corrected chi connectivity index (χ3v) is 5.07. The molecule has 1 unspecified atom stereocenters. The van der Waals surface area contributed by atoms with Gasteiger partial charge in [0.25, 0.3) is 5.91 Å². The second-order valence-corrected chi connectivity index (χ2v) is 6.90. The van der Waals surface area contributed by atoms with Crippen LogP contribution in [0.25, 0.3) is 0 Å². The van der Waals surface area contributed by atoms with Crippen molar-refractivity contribution < 1.29 is 19.1 Å². The highest BCUT2D eigenvalue weighted by atomic mass is 16.5. The summed E-state index contributed by atoms with van der Waals surface area (Å²) in [6, 6.07) is 14.4. The van der Waals surface area contributed by atoms with Crippen molar-refractivity contribution in [1.29, 1.82) is 0 Å². The van der Waals surface area contributed by atoms with Crippen LogP contribution in [0.5, 0.6) is 11.5 Å². The molecule has 6 heteroatoms. The predicted molar refractivity (Wildman–Crippen MR) is 106 cm³/mol. The highest BCUT2D eigenvalue weighted by Crippen LogP contribution is 2.31. The first-order chi connectivity index (χ1) is 13.6. The molecule has 3 rings (SSSR count). The number of nitrogens with zero attached hydrogens (tertiary/aromatic N) is 1. The van der Waals surface area contributed by atoms with Gasteiger partial charge in [0.2, 0.25) is 5.91 Å². The molecule has 0 radical (unpaired) electrons. The lowest BCUT2D eigenvalue weighted by molar-refractivity contribution is -0.135. The fourth-order valence-electron chi connectivity index (χ4n) is 3.52. The number of primary amides is 1. The van der Waals surface area contributed by atoms with E-state index in [0.29, 0.717) is 11.3 Å². The number of methoxy groups -OCH3 is 1. The largest absolute Gasteiger partial charge is 0.497 e. The number of carbonyl (C=O) groups is 2. The zero-order chi connectivity index (χ0) is 19.9. The van der Waals surface area contributed by atoms with Crippen molar-refractivity contribution in [3.8, 4) is 11.5 Å². The highest BCUT2D eigenvalue weighted by Gasteiger charge is 2.27. The first kappa shape index (κ1) is 19.7. The highest BCUT2D eigenvalue weighted by molar-refractivity contribution is 5.92. The van der Waals surface area contributed by atoms with Gasteiger partial charge in [-0.1, -0.05) is 25.0 Å². The van der Waals surface area contributed by atoms with Crippen LogP contribution in [0, 0.1) is 0 Å². The number of ether oxygens (including phenoxy) is 2. The van der Waals surface area contributed by atoms with Crippen LogP contribution >= 0.6 is 0 Å². The van der Waals surface area contributed by atoms with E-state index >= 15 is 0 Å². The third kappa shape index (κ3) is 4.82. The van der Waals surface area contributed by atoms with Gasteiger partial charge in [0.1, 0.15) is 11.5 Å². The number of hydrogen-bond acceptors (Lipinski definition) is 4. The van der Waals surface area contributed by atoms with Gasteiger partial charge >= 0.3 is 0 Å². The zero-order valence-electron chi connectivity index (χ0n) is 16.1. The minimum absolute atomic E-state index is 0.0391. The van der Waals surface area contributed by atoms with Gasteiger partial charge in [0.05, 0.1) is 13.2 Å². The smallest absolute Gasteiger partial charge is 0.261 e. The first-order valence-corrected chi connectivity index (χ1v) is 9.54. The molecule has 1 aliphatic heterocycles. The second kappa shape index (κ2) is 9.26. The Morgan fingerprint density at radius 1 is 1.00 bits per heavy atom. The molecule has 0 saturated carbocycles. The van der Waals surface area contributed by atoms with Crippen molar-refractivity contribution in [2.45, 2.75) is 31.7 Å². The molecular formula is C22H26N2O4. The lowest BCUT2D eigenvalue weighted by Gasteiger charge is -2.30. The molecule has 0 aromatic heterocycles. The van der Waals surface area contributed by atoms with Crippen LogP contribution in [-0.2, 0) is 4.79 Å². The number of amides is 2. The Bertz CT molecular complexity index is 802. The van der Waals surface area contributed by atoms with Crippen LogP contribution in [0.2, 0.25) is 0 Å². The average Bonchev–Trinajstić information content (AvgIpc) is 2.98. The Morgan fingerprint density at radius 3 is 2.32 bits per heavy atom. The average molecular weight is 382 g/mol. The van der Waals surface area contributed by atoms with Crippen molar-refractivity contribution in [1.82, 2.24) is 4.90 Å². The van der Waals surface area contributed by atoms with E-state index in [4.69, 9.17) is 15.2 Å². The van der Waals surface area contributed by atoms with Crippen LogP contribution < -0.4 is 15.2 Å². The summed E-state index contributed by atoms with van der Waals surface area (Å²) < 4.78 is 10.9. The van der Waals surface area contributed by atoms with E-state index in [1.54, 1.807) is 31.4 Å². The maximum Gasteiger partial charge on any atom is 0.261 e. The van der Waals surface area contributed by atoms with Gasteiger partial charge in [-0.05, 0) is 54.8 Å². The van der Waals surface area contributed by atoms with E-state index in [2.05, 4.69) is 0 Å². The summed E-state index contributed by atoms with van der Waals surface area (Å²) in [5, 5.41) is 0. The molecule has 1 aliphatic rings. The van der Waals surface area contributed by atoms with Gasteiger partial charge in [0.15, 0.2) is 6.61 Å². The van der Waals surface area contributed by atoms with Gasteiger partial charge in [-0.15, -0.1) is 0 Å². The number of rotatable bonds is 6. The monoisotopic (exact) mass is 382 g/mol. The van der Waals surface area contributed by atoms with Crippen LogP contribution in [0.1, 0.15) is 47.6 Å². The summed E-state index contributed by atoms with van der Waals surface area (Å²) in [6.07, 6.45) is 4.14. The quantitative estimate of drug-likeness (QED) is 0.831. The number of carbonyl (C=O) groups excluding carboxylic acids is 2. The lowest BCUT2D eigenvalue weighted by atomic mass is 10.0. The molecule has 1 saturated heterocycles. The summed E-state index contributed by atoms with van der Waals surface area (Å²) in [6.45, 7) is 0.683. The standard InChI is InChI=1S/C22H26N2O4/c1-27-18-10-6-16(7-11-18)20-5-3-2-4-14-24(20)21(25)15-28-19-12-8-17(9-13-19)22(23)26/h6-13,20H,2-5,14-15H2,1H3,(H2,23,26). The molecule has 6 nitrogen and oxygen atoms in total. The van der Waals surface area contributed by atoms with Crippen molar-refractivity contribution in [2.24, 2.45) is 5.73 Å². The molecule has 1 heterocycles. The molecule has 28 heavy (non-hydrogen) atoms. The summed E-state index contributed by atoms with van der Waals surface area (Å²) >= 11 is 0. The second-order valence-electron chi connectivity index (χ2n) is 6.90. The molecule has 2 aromatic rings. The summed E-state index contributed by atoms with van der Waals surface area (Å²) in [7, 11) is 1.64. The SMILES string of the molecule is COc1ccc(C2CCCCCN2C(=O)COc2ccc(C(N)=O)cc2)cc1. The lowest BCUT2D eigenvalue weighted by Crippen LogP contribution is -2.38. The van der Waals surface area contributed by atoms with Crippen molar-refractivity contribution in [3.05, 3.63) is 59.7 Å². The molecule has 2 aromatic carbocycles. The Kier molecular flexibility index (Phi) is 6.53. The minimum atomic E-state index is -0.491. The van der Waals surface area contributed by atoms with Gasteiger partial charge in [0, 0.05) is 12.1 Å². The van der Waals surface area contributed by atoms with Gasteiger partial charge in [-0.2, -0.15) is 0 Å². The molecule has 2 amide bonds. The van der Waals surface area contributed by atoms with E-state index in [1.165, 1.54) is 0 Å². The molecule has 1 atom stereocenters. The normalized spacial score (nSPS) is 16.9.